The third-order valence-corrected chi connectivity index (χ3v) is 8.93. The van der Waals surface area contributed by atoms with E-state index in [2.05, 4.69) is 26.6 Å². The number of nitrogens with one attached hydrogen (secondary N) is 5. The Balaban J connectivity index is 1.38. The van der Waals surface area contributed by atoms with Crippen LogP contribution in [0.4, 0.5) is 0 Å². The molecule has 2 aliphatic heterocycles. The zero-order chi connectivity index (χ0) is 35.3. The second kappa shape index (κ2) is 17.8. The number of hydrogen-bond acceptors (Lipinski definition) is 6. The predicted octanol–water partition coefficient (Wildman–Crippen LogP) is 1.19. The van der Waals surface area contributed by atoms with Gasteiger partial charge in [0.15, 0.2) is 0 Å². The maximum absolute atomic E-state index is 13.8. The molecule has 50 heavy (non-hydrogen) atoms. The summed E-state index contributed by atoms with van der Waals surface area (Å²) in [5.41, 5.74) is 2.45. The normalized spacial score (nSPS) is 23.1. The summed E-state index contributed by atoms with van der Waals surface area (Å²) in [5.74, 6) is -2.68. The molecule has 12 heteroatoms. The van der Waals surface area contributed by atoms with Crippen molar-refractivity contribution in [1.29, 1.82) is 0 Å². The number of benzene rings is 3. The molecule has 0 radical (unpaired) electrons. The average Bonchev–Trinajstić information content (AvgIpc) is 3.62. The van der Waals surface area contributed by atoms with Crippen molar-refractivity contribution in [2.75, 3.05) is 19.6 Å². The van der Waals surface area contributed by atoms with Crippen molar-refractivity contribution in [2.24, 2.45) is 0 Å². The van der Waals surface area contributed by atoms with Crippen molar-refractivity contribution < 1.29 is 28.8 Å². The Morgan fingerprint density at radius 1 is 0.520 bits per heavy atom. The summed E-state index contributed by atoms with van der Waals surface area (Å²) in [6, 6.07) is 23.9. The van der Waals surface area contributed by atoms with E-state index in [9.17, 15) is 28.8 Å². The molecule has 2 heterocycles. The number of carbonyl (C=O) groups excluding carboxylic acids is 6. The standard InChI is InChI=1S/C38H44N6O6/c45-33-18-20-39-36(48)30(24-27-13-6-2-7-14-27)43-38(50)32-17-10-22-44(32)34(46)19-21-40-35(47)29(23-26-11-4-1-5-12-26)42-37(49)31(41-33)25-28-15-8-3-9-16-28/h1-9,11-16,29-32H,10,17-25H2,(H,39,48)(H,40,47)(H,41,45)(H,42,49)(H,43,50)/t29-,30-,31-,32-/m0/s1. The number of fused-ring (bicyclic) bond motifs is 1. The minimum Gasteiger partial charge on any atom is -0.354 e. The zero-order valence-corrected chi connectivity index (χ0v) is 27.9. The van der Waals surface area contributed by atoms with Crippen LogP contribution < -0.4 is 26.6 Å². The van der Waals surface area contributed by atoms with Gasteiger partial charge in [-0.05, 0) is 29.5 Å². The van der Waals surface area contributed by atoms with E-state index >= 15 is 0 Å². The van der Waals surface area contributed by atoms with Crippen LogP contribution in [-0.2, 0) is 48.0 Å². The summed E-state index contributed by atoms with van der Waals surface area (Å²) < 4.78 is 0. The van der Waals surface area contributed by atoms with E-state index in [4.69, 9.17) is 0 Å². The molecule has 6 amide bonds. The Morgan fingerprint density at radius 2 is 0.960 bits per heavy atom. The molecule has 12 nitrogen and oxygen atoms in total. The Morgan fingerprint density at radius 3 is 1.46 bits per heavy atom. The molecular weight excluding hydrogens is 636 g/mol. The summed E-state index contributed by atoms with van der Waals surface area (Å²) in [5, 5.41) is 14.0. The highest BCUT2D eigenvalue weighted by molar-refractivity contribution is 5.94. The lowest BCUT2D eigenvalue weighted by Crippen LogP contribution is -2.56. The molecule has 3 aromatic carbocycles. The SMILES string of the molecule is O=C1CCNC(=O)[C@H](Cc2ccccc2)NC(=O)[C@@H]2CCCN2C(=O)CCNC(=O)[C@H](Cc2ccccc2)NC(=O)[C@H](Cc2ccccc2)N1. The lowest BCUT2D eigenvalue weighted by atomic mass is 10.0. The maximum Gasteiger partial charge on any atom is 0.243 e. The predicted molar refractivity (Wildman–Crippen MR) is 186 cm³/mol. The highest BCUT2D eigenvalue weighted by Gasteiger charge is 2.36. The van der Waals surface area contributed by atoms with Gasteiger partial charge >= 0.3 is 0 Å². The van der Waals surface area contributed by atoms with E-state index in [1.54, 1.807) is 0 Å². The molecule has 0 saturated carbocycles. The molecule has 5 N–H and O–H groups in total. The summed E-state index contributed by atoms with van der Waals surface area (Å²) >= 11 is 0. The molecule has 2 saturated heterocycles. The van der Waals surface area contributed by atoms with Crippen LogP contribution in [0.5, 0.6) is 0 Å². The lowest BCUT2D eigenvalue weighted by Gasteiger charge is -2.27. The van der Waals surface area contributed by atoms with E-state index in [1.165, 1.54) is 4.90 Å². The number of carbonyl (C=O) groups is 6. The molecule has 2 aliphatic rings. The van der Waals surface area contributed by atoms with Crippen molar-refractivity contribution in [2.45, 2.75) is 69.1 Å². The van der Waals surface area contributed by atoms with Crippen LogP contribution in [-0.4, -0.2) is 84.1 Å². The first-order valence-corrected chi connectivity index (χ1v) is 17.1. The van der Waals surface area contributed by atoms with Crippen LogP contribution in [0.25, 0.3) is 0 Å². The van der Waals surface area contributed by atoms with Crippen molar-refractivity contribution in [3.8, 4) is 0 Å². The Labute approximate surface area is 291 Å². The molecule has 0 aliphatic carbocycles. The molecule has 4 atom stereocenters. The van der Waals surface area contributed by atoms with E-state index < -0.39 is 53.7 Å². The van der Waals surface area contributed by atoms with Gasteiger partial charge in [-0.15, -0.1) is 0 Å². The summed E-state index contributed by atoms with van der Waals surface area (Å²) in [6.45, 7) is 0.330. The lowest BCUT2D eigenvalue weighted by molar-refractivity contribution is -0.139. The van der Waals surface area contributed by atoms with Crippen LogP contribution >= 0.6 is 0 Å². The molecule has 0 spiro atoms. The van der Waals surface area contributed by atoms with Crippen LogP contribution in [0.1, 0.15) is 42.4 Å². The second-order valence-electron chi connectivity index (χ2n) is 12.6. The van der Waals surface area contributed by atoms with E-state index in [-0.39, 0.29) is 51.1 Å². The minimum atomic E-state index is -1.02. The van der Waals surface area contributed by atoms with Gasteiger partial charge in [-0.1, -0.05) is 91.0 Å². The molecule has 0 unspecified atom stereocenters. The van der Waals surface area contributed by atoms with Crippen LogP contribution in [0.15, 0.2) is 91.0 Å². The van der Waals surface area contributed by atoms with Gasteiger partial charge in [0, 0.05) is 51.7 Å². The fraction of sp³-hybridized carbons (Fsp3) is 0.368. The second-order valence-corrected chi connectivity index (χ2v) is 12.6. The molecular formula is C38H44N6O6. The quantitative estimate of drug-likeness (QED) is 0.263. The first kappa shape index (κ1) is 35.8. The number of amides is 6. The van der Waals surface area contributed by atoms with E-state index in [0.29, 0.717) is 19.4 Å². The van der Waals surface area contributed by atoms with Crippen LogP contribution in [0.3, 0.4) is 0 Å². The molecule has 0 bridgehead atoms. The molecule has 2 fully saturated rings. The highest BCUT2D eigenvalue weighted by atomic mass is 16.2. The zero-order valence-electron chi connectivity index (χ0n) is 27.9. The van der Waals surface area contributed by atoms with Gasteiger partial charge in [0.05, 0.1) is 0 Å². The first-order chi connectivity index (χ1) is 24.3. The molecule has 262 valence electrons. The maximum atomic E-state index is 13.8. The summed E-state index contributed by atoms with van der Waals surface area (Å²) in [7, 11) is 0. The Hall–Kier alpha value is -5.52. The van der Waals surface area contributed by atoms with Gasteiger partial charge in [-0.3, -0.25) is 28.8 Å². The number of nitrogens with zero attached hydrogens (tertiary/aromatic N) is 1. The third kappa shape index (κ3) is 10.2. The topological polar surface area (TPSA) is 166 Å². The smallest absolute Gasteiger partial charge is 0.243 e. The Bertz CT molecular complexity index is 1640. The Kier molecular flexibility index (Phi) is 12.7. The van der Waals surface area contributed by atoms with E-state index in [1.807, 2.05) is 91.0 Å². The largest absolute Gasteiger partial charge is 0.354 e. The average molecular weight is 681 g/mol. The molecule has 5 rings (SSSR count). The van der Waals surface area contributed by atoms with Crippen molar-refractivity contribution in [3.63, 3.8) is 0 Å². The van der Waals surface area contributed by atoms with Gasteiger partial charge in [0.25, 0.3) is 0 Å². The molecule has 0 aromatic heterocycles. The highest BCUT2D eigenvalue weighted by Crippen LogP contribution is 2.19. The van der Waals surface area contributed by atoms with Crippen LogP contribution in [0.2, 0.25) is 0 Å². The fourth-order valence-corrected chi connectivity index (χ4v) is 6.30. The van der Waals surface area contributed by atoms with Gasteiger partial charge < -0.3 is 31.5 Å². The number of hydrogen-bond donors (Lipinski definition) is 5. The third-order valence-electron chi connectivity index (χ3n) is 8.93. The van der Waals surface area contributed by atoms with E-state index in [0.717, 1.165) is 16.7 Å². The minimum absolute atomic E-state index is 0.00706. The van der Waals surface area contributed by atoms with Crippen molar-refractivity contribution in [3.05, 3.63) is 108 Å². The fourth-order valence-electron chi connectivity index (χ4n) is 6.30. The van der Waals surface area contributed by atoms with Gasteiger partial charge in [-0.2, -0.15) is 0 Å². The van der Waals surface area contributed by atoms with Crippen molar-refractivity contribution in [1.82, 2.24) is 31.5 Å². The summed E-state index contributed by atoms with van der Waals surface area (Å²) in [4.78, 5) is 82.3. The first-order valence-electron chi connectivity index (χ1n) is 17.1. The van der Waals surface area contributed by atoms with Gasteiger partial charge in [0.1, 0.15) is 24.2 Å². The monoisotopic (exact) mass is 680 g/mol. The van der Waals surface area contributed by atoms with Gasteiger partial charge in [-0.25, -0.2) is 0 Å². The summed E-state index contributed by atoms with van der Waals surface area (Å²) in [6.07, 6.45) is 1.44. The number of rotatable bonds is 6. The van der Waals surface area contributed by atoms with Crippen molar-refractivity contribution >= 4 is 35.4 Å². The van der Waals surface area contributed by atoms with Crippen LogP contribution in [0, 0.1) is 0 Å². The molecule has 3 aromatic rings. The van der Waals surface area contributed by atoms with Gasteiger partial charge in [0.2, 0.25) is 35.4 Å².